The van der Waals surface area contributed by atoms with Crippen molar-refractivity contribution in [1.29, 1.82) is 0 Å². The molecule has 0 aliphatic carbocycles. The van der Waals surface area contributed by atoms with E-state index in [1.165, 1.54) is 25.9 Å². The molecule has 20 heavy (non-hydrogen) atoms. The molecule has 1 saturated heterocycles. The molecule has 7 N–H and O–H groups in total. The van der Waals surface area contributed by atoms with E-state index in [0.29, 0.717) is 5.84 Å². The second kappa shape index (κ2) is 10.4. The van der Waals surface area contributed by atoms with E-state index < -0.39 is 11.9 Å². The van der Waals surface area contributed by atoms with Crippen molar-refractivity contribution in [2.45, 2.75) is 40.0 Å². The highest BCUT2D eigenvalue weighted by Gasteiger charge is 2.23. The summed E-state index contributed by atoms with van der Waals surface area (Å²) < 4.78 is 0. The topological polar surface area (TPSA) is 126 Å². The van der Waals surface area contributed by atoms with Crippen molar-refractivity contribution >= 4 is 11.8 Å². The maximum absolute atomic E-state index is 10.7. The van der Waals surface area contributed by atoms with E-state index in [9.17, 15) is 4.79 Å². The summed E-state index contributed by atoms with van der Waals surface area (Å²) in [5, 5.41) is 15.5. The number of carboxylic acids is 1. The molecule has 7 heteroatoms. The summed E-state index contributed by atoms with van der Waals surface area (Å²) in [7, 11) is 0. The molecule has 1 rings (SSSR count). The Balaban J connectivity index is 0.000000428. The molecule has 1 aliphatic heterocycles. The predicted molar refractivity (Wildman–Crippen MR) is 80.8 cm³/mol. The molecule has 0 spiro atoms. The second-order valence-corrected chi connectivity index (χ2v) is 5.55. The van der Waals surface area contributed by atoms with Crippen molar-refractivity contribution < 1.29 is 9.90 Å². The van der Waals surface area contributed by atoms with Gasteiger partial charge in [-0.1, -0.05) is 20.8 Å². The highest BCUT2D eigenvalue weighted by atomic mass is 16.4. The highest BCUT2D eigenvalue weighted by Crippen LogP contribution is 2.15. The molecule has 0 aromatic heterocycles. The number of aliphatic carboxylic acids is 1. The number of carbonyl (C=O) groups is 1. The molecule has 0 bridgehead atoms. The van der Waals surface area contributed by atoms with Crippen LogP contribution in [0.2, 0.25) is 0 Å². The van der Waals surface area contributed by atoms with Gasteiger partial charge in [0.05, 0.1) is 5.92 Å². The molecule has 0 amide bonds. The lowest BCUT2D eigenvalue weighted by molar-refractivity contribution is -0.142. The van der Waals surface area contributed by atoms with Gasteiger partial charge in [-0.2, -0.15) is 5.10 Å². The van der Waals surface area contributed by atoms with Crippen LogP contribution >= 0.6 is 0 Å². The Morgan fingerprint density at radius 3 is 2.25 bits per heavy atom. The Kier molecular flexibility index (Phi) is 9.75. The van der Waals surface area contributed by atoms with Gasteiger partial charge in [-0.15, -0.1) is 0 Å². The molecule has 118 valence electrons. The molecule has 7 nitrogen and oxygen atoms in total. The van der Waals surface area contributed by atoms with Crippen LogP contribution in [0.25, 0.3) is 0 Å². The first-order chi connectivity index (χ1) is 9.42. The standard InChI is InChI=1S/C7H16N4O2.C6H13N/c1-4(2)5(7(12)13)3-6(10-8)11-9;1-6-2-4-7-5-3-6/h4-5H,3,8-9H2,1-2H3,(H,10,11)(H,12,13);6-7H,2-5H2,1H3. The first kappa shape index (κ1) is 18.7. The molecular formula is C13H29N5O2. The average Bonchev–Trinajstić information content (AvgIpc) is 2.40. The number of nitrogens with two attached hydrogens (primary N) is 2. The Labute approximate surface area is 121 Å². The summed E-state index contributed by atoms with van der Waals surface area (Å²) in [6, 6.07) is 0. The third-order valence-corrected chi connectivity index (χ3v) is 3.49. The van der Waals surface area contributed by atoms with Crippen LogP contribution in [0.4, 0.5) is 0 Å². The summed E-state index contributed by atoms with van der Waals surface area (Å²) in [6.45, 7) is 8.44. The van der Waals surface area contributed by atoms with Crippen LogP contribution < -0.4 is 22.4 Å². The third-order valence-electron chi connectivity index (χ3n) is 3.49. The monoisotopic (exact) mass is 287 g/mol. The van der Waals surface area contributed by atoms with Gasteiger partial charge in [0.15, 0.2) is 0 Å². The largest absolute Gasteiger partial charge is 0.481 e. The quantitative estimate of drug-likeness (QED) is 0.221. The first-order valence-corrected chi connectivity index (χ1v) is 7.09. The summed E-state index contributed by atoms with van der Waals surface area (Å²) in [4.78, 5) is 10.7. The zero-order valence-electron chi connectivity index (χ0n) is 12.7. The van der Waals surface area contributed by atoms with Crippen molar-refractivity contribution in [2.24, 2.45) is 34.5 Å². The van der Waals surface area contributed by atoms with Gasteiger partial charge in [-0.05, 0) is 37.8 Å². The fraction of sp³-hybridized carbons (Fsp3) is 0.846. The van der Waals surface area contributed by atoms with E-state index in [0.717, 1.165) is 5.92 Å². The Hall–Kier alpha value is -1.34. The van der Waals surface area contributed by atoms with Crippen LogP contribution in [0.3, 0.4) is 0 Å². The smallest absolute Gasteiger partial charge is 0.307 e. The number of hydrogen-bond acceptors (Lipinski definition) is 5. The van der Waals surface area contributed by atoms with Crippen LogP contribution in [0.1, 0.15) is 40.0 Å². The molecule has 0 saturated carbocycles. The van der Waals surface area contributed by atoms with Gasteiger partial charge in [0, 0.05) is 6.42 Å². The van der Waals surface area contributed by atoms with E-state index in [4.69, 9.17) is 16.8 Å². The van der Waals surface area contributed by atoms with Crippen LogP contribution in [0, 0.1) is 17.8 Å². The number of nitrogens with zero attached hydrogens (tertiary/aromatic N) is 1. The predicted octanol–water partition coefficient (Wildman–Crippen LogP) is 0.475. The number of nitrogens with one attached hydrogen (secondary N) is 2. The van der Waals surface area contributed by atoms with Gasteiger partial charge in [0.25, 0.3) is 0 Å². The Morgan fingerprint density at radius 1 is 1.45 bits per heavy atom. The maximum atomic E-state index is 10.7. The fourth-order valence-corrected chi connectivity index (χ4v) is 1.93. The van der Waals surface area contributed by atoms with E-state index in [1.54, 1.807) is 0 Å². The highest BCUT2D eigenvalue weighted by molar-refractivity contribution is 5.85. The minimum Gasteiger partial charge on any atom is -0.481 e. The van der Waals surface area contributed by atoms with Crippen molar-refractivity contribution in [3.63, 3.8) is 0 Å². The third kappa shape index (κ3) is 7.96. The van der Waals surface area contributed by atoms with Gasteiger partial charge >= 0.3 is 5.97 Å². The first-order valence-electron chi connectivity index (χ1n) is 7.09. The summed E-state index contributed by atoms with van der Waals surface area (Å²) >= 11 is 0. The Morgan fingerprint density at radius 2 is 2.00 bits per heavy atom. The zero-order chi connectivity index (χ0) is 15.5. The van der Waals surface area contributed by atoms with E-state index in [-0.39, 0.29) is 12.3 Å². The molecular weight excluding hydrogens is 258 g/mol. The minimum atomic E-state index is -0.869. The number of piperidine rings is 1. The lowest BCUT2D eigenvalue weighted by atomic mass is 9.92. The lowest BCUT2D eigenvalue weighted by Gasteiger charge is -2.17. The molecule has 1 aliphatic rings. The number of hydrazone groups is 1. The number of hydrogen-bond donors (Lipinski definition) is 5. The molecule has 0 aromatic carbocycles. The number of rotatable bonds is 4. The van der Waals surface area contributed by atoms with Crippen LogP contribution in [-0.2, 0) is 4.79 Å². The fourth-order valence-electron chi connectivity index (χ4n) is 1.93. The average molecular weight is 287 g/mol. The van der Waals surface area contributed by atoms with Gasteiger partial charge in [0.1, 0.15) is 5.84 Å². The van der Waals surface area contributed by atoms with Crippen molar-refractivity contribution in [2.75, 3.05) is 13.1 Å². The van der Waals surface area contributed by atoms with Crippen LogP contribution in [-0.4, -0.2) is 30.0 Å². The van der Waals surface area contributed by atoms with Crippen molar-refractivity contribution in [3.05, 3.63) is 0 Å². The SMILES string of the molecule is CC(C)C(C/C(=N/N)NN)C(=O)O.CC1CCNCC1. The molecule has 1 unspecified atom stereocenters. The zero-order valence-corrected chi connectivity index (χ0v) is 12.7. The summed E-state index contributed by atoms with van der Waals surface area (Å²) in [6.07, 6.45) is 2.97. The molecule has 1 fully saturated rings. The molecule has 0 aromatic rings. The molecule has 1 heterocycles. The van der Waals surface area contributed by atoms with Gasteiger partial charge in [-0.3, -0.25) is 4.79 Å². The number of amidine groups is 1. The Bertz CT molecular complexity index is 301. The summed E-state index contributed by atoms with van der Waals surface area (Å²) in [5.74, 6) is 9.96. The second-order valence-electron chi connectivity index (χ2n) is 5.55. The minimum absolute atomic E-state index is 0.0163. The number of carboxylic acid groups (broad SMARTS) is 1. The van der Waals surface area contributed by atoms with Gasteiger partial charge in [-0.25, -0.2) is 5.84 Å². The van der Waals surface area contributed by atoms with Crippen molar-refractivity contribution in [3.8, 4) is 0 Å². The summed E-state index contributed by atoms with van der Waals surface area (Å²) in [5.41, 5.74) is 2.25. The van der Waals surface area contributed by atoms with E-state index in [1.807, 2.05) is 13.8 Å². The molecule has 0 radical (unpaired) electrons. The van der Waals surface area contributed by atoms with E-state index >= 15 is 0 Å². The lowest BCUT2D eigenvalue weighted by Crippen LogP contribution is -2.35. The molecule has 1 atom stereocenters. The van der Waals surface area contributed by atoms with Crippen LogP contribution in [0.15, 0.2) is 5.10 Å². The van der Waals surface area contributed by atoms with Gasteiger partial charge in [0.2, 0.25) is 0 Å². The normalized spacial score (nSPS) is 18.1. The maximum Gasteiger partial charge on any atom is 0.307 e. The van der Waals surface area contributed by atoms with Gasteiger partial charge < -0.3 is 21.7 Å². The van der Waals surface area contributed by atoms with Crippen molar-refractivity contribution in [1.82, 2.24) is 10.7 Å². The van der Waals surface area contributed by atoms with Crippen LogP contribution in [0.5, 0.6) is 0 Å². The van der Waals surface area contributed by atoms with E-state index in [2.05, 4.69) is 22.8 Å². The number of hydrazine groups is 1.